The Labute approximate surface area is 148 Å². The van der Waals surface area contributed by atoms with Crippen LogP contribution in [-0.2, 0) is 9.47 Å². The molecule has 8 nitrogen and oxygen atoms in total. The highest BCUT2D eigenvalue weighted by atomic mass is 16.6. The van der Waals surface area contributed by atoms with Crippen LogP contribution in [0.2, 0.25) is 0 Å². The smallest absolute Gasteiger partial charge is 0.410 e. The van der Waals surface area contributed by atoms with Crippen LogP contribution in [0.15, 0.2) is 12.3 Å². The molecule has 1 aliphatic rings. The van der Waals surface area contributed by atoms with Crippen LogP contribution in [0.3, 0.4) is 0 Å². The Balaban J connectivity index is 2.17. The first-order chi connectivity index (χ1) is 11.7. The summed E-state index contributed by atoms with van der Waals surface area (Å²) in [7, 11) is 3.22. The van der Waals surface area contributed by atoms with Gasteiger partial charge in [0.25, 0.3) is 0 Å². The van der Waals surface area contributed by atoms with Crippen LogP contribution in [0, 0.1) is 0 Å². The summed E-state index contributed by atoms with van der Waals surface area (Å²) in [5, 5.41) is 0. The van der Waals surface area contributed by atoms with Gasteiger partial charge in [0, 0.05) is 32.8 Å². The standard InChI is InChI=1S/C17H28N4O4/c1-17(2,3)25-16(22)21-7-6-20(10-12(21)11-23-4)13-9-19-15(18)8-14(13)24-5/h8-9,12H,6-7,10-11H2,1-5H3,(H2,18,19)/t12-/m1/s1. The Morgan fingerprint density at radius 3 is 2.68 bits per heavy atom. The van der Waals surface area contributed by atoms with E-state index < -0.39 is 5.60 Å². The fourth-order valence-electron chi connectivity index (χ4n) is 2.82. The van der Waals surface area contributed by atoms with E-state index in [2.05, 4.69) is 9.88 Å². The van der Waals surface area contributed by atoms with Crippen LogP contribution in [0.1, 0.15) is 20.8 Å². The molecular weight excluding hydrogens is 324 g/mol. The Bertz CT molecular complexity index is 603. The highest BCUT2D eigenvalue weighted by Crippen LogP contribution is 2.30. The second kappa shape index (κ2) is 7.77. The molecule has 1 atom stereocenters. The zero-order chi connectivity index (χ0) is 18.6. The minimum absolute atomic E-state index is 0.129. The van der Waals surface area contributed by atoms with Crippen molar-refractivity contribution in [1.29, 1.82) is 0 Å². The van der Waals surface area contributed by atoms with Gasteiger partial charge >= 0.3 is 6.09 Å². The Kier molecular flexibility index (Phi) is 5.94. The Morgan fingerprint density at radius 2 is 2.08 bits per heavy atom. The molecule has 0 saturated carbocycles. The van der Waals surface area contributed by atoms with E-state index in [0.717, 1.165) is 5.69 Å². The molecule has 0 unspecified atom stereocenters. The first kappa shape index (κ1) is 19.1. The van der Waals surface area contributed by atoms with Crippen molar-refractivity contribution in [1.82, 2.24) is 9.88 Å². The van der Waals surface area contributed by atoms with E-state index in [4.69, 9.17) is 19.9 Å². The maximum absolute atomic E-state index is 12.5. The molecule has 2 rings (SSSR count). The number of piperazine rings is 1. The molecule has 0 aliphatic carbocycles. The van der Waals surface area contributed by atoms with E-state index in [-0.39, 0.29) is 12.1 Å². The SMILES string of the molecule is COC[C@H]1CN(c2cnc(N)cc2OC)CCN1C(=O)OC(C)(C)C. The predicted octanol–water partition coefficient (Wildman–Crippen LogP) is 1.74. The number of pyridine rings is 1. The molecule has 0 radical (unpaired) electrons. The van der Waals surface area contributed by atoms with Crippen molar-refractivity contribution < 1.29 is 19.0 Å². The molecular formula is C17H28N4O4. The third kappa shape index (κ3) is 4.88. The fraction of sp³-hybridized carbons (Fsp3) is 0.647. The van der Waals surface area contributed by atoms with Crippen molar-refractivity contribution in [3.63, 3.8) is 0 Å². The number of nitrogens with zero attached hydrogens (tertiary/aromatic N) is 3. The lowest BCUT2D eigenvalue weighted by atomic mass is 10.1. The second-order valence-corrected chi connectivity index (χ2v) is 7.01. The van der Waals surface area contributed by atoms with E-state index in [0.29, 0.717) is 37.8 Å². The lowest BCUT2D eigenvalue weighted by Crippen LogP contribution is -2.57. The van der Waals surface area contributed by atoms with E-state index in [1.54, 1.807) is 31.4 Å². The molecule has 1 fully saturated rings. The molecule has 25 heavy (non-hydrogen) atoms. The summed E-state index contributed by atoms with van der Waals surface area (Å²) in [5.74, 6) is 1.07. The molecule has 1 amide bonds. The summed E-state index contributed by atoms with van der Waals surface area (Å²) in [6.45, 7) is 7.75. The average Bonchev–Trinajstić information content (AvgIpc) is 2.53. The van der Waals surface area contributed by atoms with Crippen molar-refractivity contribution >= 4 is 17.6 Å². The van der Waals surface area contributed by atoms with Crippen LogP contribution >= 0.6 is 0 Å². The van der Waals surface area contributed by atoms with Crippen molar-refractivity contribution in [2.75, 3.05) is 51.1 Å². The van der Waals surface area contributed by atoms with Gasteiger partial charge < -0.3 is 24.8 Å². The maximum Gasteiger partial charge on any atom is 0.410 e. The molecule has 1 aliphatic heterocycles. The molecule has 0 spiro atoms. The molecule has 8 heteroatoms. The molecule has 1 aromatic heterocycles. The van der Waals surface area contributed by atoms with Crippen molar-refractivity contribution in [3.05, 3.63) is 12.3 Å². The molecule has 1 saturated heterocycles. The van der Waals surface area contributed by atoms with Gasteiger partial charge in [-0.25, -0.2) is 9.78 Å². The number of nitrogens with two attached hydrogens (primary N) is 1. The van der Waals surface area contributed by atoms with Gasteiger partial charge in [-0.05, 0) is 20.8 Å². The molecule has 2 heterocycles. The summed E-state index contributed by atoms with van der Waals surface area (Å²) in [6.07, 6.45) is 1.37. The van der Waals surface area contributed by atoms with Gasteiger partial charge in [-0.15, -0.1) is 0 Å². The van der Waals surface area contributed by atoms with Gasteiger partial charge in [0.1, 0.15) is 17.2 Å². The highest BCUT2D eigenvalue weighted by molar-refractivity contribution is 5.70. The van der Waals surface area contributed by atoms with Crippen LogP contribution < -0.4 is 15.4 Å². The van der Waals surface area contributed by atoms with Crippen LogP contribution in [0.5, 0.6) is 5.75 Å². The number of hydrogen-bond donors (Lipinski definition) is 1. The monoisotopic (exact) mass is 352 g/mol. The largest absolute Gasteiger partial charge is 0.494 e. The van der Waals surface area contributed by atoms with Crippen LogP contribution in [0.25, 0.3) is 0 Å². The first-order valence-electron chi connectivity index (χ1n) is 8.28. The van der Waals surface area contributed by atoms with Gasteiger partial charge in [-0.3, -0.25) is 4.90 Å². The first-order valence-corrected chi connectivity index (χ1v) is 8.28. The average molecular weight is 352 g/mol. The Morgan fingerprint density at radius 1 is 1.36 bits per heavy atom. The molecule has 140 valence electrons. The van der Waals surface area contributed by atoms with Crippen molar-refractivity contribution in [2.45, 2.75) is 32.4 Å². The number of aromatic nitrogens is 1. The van der Waals surface area contributed by atoms with Gasteiger partial charge in [-0.1, -0.05) is 0 Å². The van der Waals surface area contributed by atoms with E-state index in [1.807, 2.05) is 20.8 Å². The van der Waals surface area contributed by atoms with Gasteiger partial charge in [-0.2, -0.15) is 0 Å². The molecule has 1 aromatic rings. The third-order valence-corrected chi connectivity index (χ3v) is 3.90. The number of rotatable bonds is 4. The zero-order valence-electron chi connectivity index (χ0n) is 15.6. The summed E-state index contributed by atoms with van der Waals surface area (Å²) >= 11 is 0. The van der Waals surface area contributed by atoms with Crippen LogP contribution in [0.4, 0.5) is 16.3 Å². The summed E-state index contributed by atoms with van der Waals surface area (Å²) < 4.78 is 16.2. The molecule has 2 N–H and O–H groups in total. The zero-order valence-corrected chi connectivity index (χ0v) is 15.6. The van der Waals surface area contributed by atoms with E-state index >= 15 is 0 Å². The second-order valence-electron chi connectivity index (χ2n) is 7.01. The summed E-state index contributed by atoms with van der Waals surface area (Å²) in [5.41, 5.74) is 6.05. The topological polar surface area (TPSA) is 90.2 Å². The van der Waals surface area contributed by atoms with Crippen LogP contribution in [-0.4, -0.2) is 68.1 Å². The van der Waals surface area contributed by atoms with Gasteiger partial charge in [0.2, 0.25) is 0 Å². The lowest BCUT2D eigenvalue weighted by molar-refractivity contribution is 0.00342. The summed E-state index contributed by atoms with van der Waals surface area (Å²) in [4.78, 5) is 20.5. The third-order valence-electron chi connectivity index (χ3n) is 3.90. The fourth-order valence-corrected chi connectivity index (χ4v) is 2.82. The van der Waals surface area contributed by atoms with E-state index in [9.17, 15) is 4.79 Å². The number of carbonyl (C=O) groups excluding carboxylic acids is 1. The molecule has 0 aromatic carbocycles. The normalized spacial score (nSPS) is 18.2. The highest BCUT2D eigenvalue weighted by Gasteiger charge is 2.34. The number of anilines is 2. The quantitative estimate of drug-likeness (QED) is 0.883. The number of hydrogen-bond acceptors (Lipinski definition) is 7. The van der Waals surface area contributed by atoms with Gasteiger partial charge in [0.15, 0.2) is 0 Å². The number of ether oxygens (including phenoxy) is 3. The number of carbonyl (C=O) groups is 1. The van der Waals surface area contributed by atoms with Crippen molar-refractivity contribution in [3.8, 4) is 5.75 Å². The lowest BCUT2D eigenvalue weighted by Gasteiger charge is -2.42. The number of nitrogen functional groups attached to an aromatic ring is 1. The molecule has 0 bridgehead atoms. The summed E-state index contributed by atoms with van der Waals surface area (Å²) in [6, 6.07) is 1.57. The number of amides is 1. The van der Waals surface area contributed by atoms with E-state index in [1.165, 1.54) is 0 Å². The van der Waals surface area contributed by atoms with Gasteiger partial charge in [0.05, 0.1) is 31.6 Å². The van der Waals surface area contributed by atoms with Crippen molar-refractivity contribution in [2.24, 2.45) is 0 Å². The predicted molar refractivity (Wildman–Crippen MR) is 96.0 cm³/mol. The minimum Gasteiger partial charge on any atom is -0.494 e. The maximum atomic E-state index is 12.5. The minimum atomic E-state index is -0.532. The Hall–Kier alpha value is -2.22. The number of methoxy groups -OCH3 is 2.